The van der Waals surface area contributed by atoms with Crippen LogP contribution in [-0.4, -0.2) is 11.1 Å². The Bertz CT molecular complexity index is 1550. The third-order valence-corrected chi connectivity index (χ3v) is 11.2. The van der Waals surface area contributed by atoms with Crippen molar-refractivity contribution in [3.8, 4) is 6.07 Å². The Kier molecular flexibility index (Phi) is 7.73. The van der Waals surface area contributed by atoms with Gasteiger partial charge >= 0.3 is 0 Å². The van der Waals surface area contributed by atoms with Gasteiger partial charge in [0.05, 0.1) is 11.1 Å². The lowest BCUT2D eigenvalue weighted by Gasteiger charge is -2.29. The summed E-state index contributed by atoms with van der Waals surface area (Å²) < 4.78 is 0. The quantitative estimate of drug-likeness (QED) is 0.0948. The molecule has 0 aromatic heterocycles. The highest BCUT2D eigenvalue weighted by molar-refractivity contribution is 7.96. The van der Waals surface area contributed by atoms with Gasteiger partial charge in [-0.05, 0) is 71.3 Å². The van der Waals surface area contributed by atoms with E-state index in [-0.39, 0.29) is 11.3 Å². The summed E-state index contributed by atoms with van der Waals surface area (Å²) in [5, 5.41) is 25.1. The highest BCUT2D eigenvalue weighted by atomic mass is 31.2. The van der Waals surface area contributed by atoms with Crippen LogP contribution in [0.25, 0.3) is 11.6 Å². The van der Waals surface area contributed by atoms with E-state index in [9.17, 15) is 15.4 Å². The molecule has 0 fully saturated rings. The van der Waals surface area contributed by atoms with Crippen molar-refractivity contribution in [3.63, 3.8) is 0 Å². The summed E-state index contributed by atoms with van der Waals surface area (Å²) in [6, 6.07) is 48.7. The molecule has 0 saturated carbocycles. The second kappa shape index (κ2) is 11.7. The van der Waals surface area contributed by atoms with Gasteiger partial charge in [-0.1, -0.05) is 84.9 Å². The largest absolute Gasteiger partial charge is 0.287 e. The summed E-state index contributed by atoms with van der Waals surface area (Å²) >= 11 is 0. The zero-order chi connectivity index (χ0) is 27.1. The summed E-state index contributed by atoms with van der Waals surface area (Å²) in [7, 11) is -2.25. The van der Waals surface area contributed by atoms with E-state index in [2.05, 4.69) is 78.9 Å². The van der Waals surface area contributed by atoms with Crippen LogP contribution in [0.4, 0.5) is 5.69 Å². The number of rotatable bonds is 8. The van der Waals surface area contributed by atoms with Crippen molar-refractivity contribution >= 4 is 40.5 Å². The van der Waals surface area contributed by atoms with Gasteiger partial charge in [0.25, 0.3) is 5.69 Å². The Morgan fingerprint density at radius 1 is 0.718 bits per heavy atom. The zero-order valence-corrected chi connectivity index (χ0v) is 22.1. The number of nitro benzene ring substituents is 1. The van der Waals surface area contributed by atoms with Crippen molar-refractivity contribution in [1.29, 1.82) is 5.26 Å². The fourth-order valence-electron chi connectivity index (χ4n) is 4.98. The SMILES string of the molecule is N#Cc1cc(C(=Cc2ccccc2)C[P+](c2ccccc2)(c2ccccc2)c2ccccc2)ccc1[N+](=O)[O-]. The third-order valence-electron chi connectivity index (χ3n) is 6.82. The first-order chi connectivity index (χ1) is 19.1. The van der Waals surface area contributed by atoms with Crippen molar-refractivity contribution < 1.29 is 4.92 Å². The predicted octanol–water partition coefficient (Wildman–Crippen LogP) is 7.00. The van der Waals surface area contributed by atoms with Crippen LogP contribution in [-0.2, 0) is 0 Å². The van der Waals surface area contributed by atoms with Crippen LogP contribution in [0.3, 0.4) is 0 Å². The van der Waals surface area contributed by atoms with Crippen LogP contribution in [0, 0.1) is 21.4 Å². The van der Waals surface area contributed by atoms with Crippen LogP contribution in [0.15, 0.2) is 140 Å². The Morgan fingerprint density at radius 2 is 1.18 bits per heavy atom. The van der Waals surface area contributed by atoms with Gasteiger partial charge in [0.2, 0.25) is 0 Å². The van der Waals surface area contributed by atoms with Crippen molar-refractivity contribution in [1.82, 2.24) is 0 Å². The standard InChI is InChI=1S/C34H26N2O2P/c35-25-29-24-28(21-22-34(29)36(37)38)30(23-27-13-5-1-6-14-27)26-39(31-15-7-2-8-16-31,32-17-9-3-10-18-32)33-19-11-4-12-20-33/h1-24H,26H2/q+1. The minimum Gasteiger partial charge on any atom is -0.258 e. The van der Waals surface area contributed by atoms with E-state index in [0.29, 0.717) is 6.16 Å². The molecule has 5 aromatic carbocycles. The van der Waals surface area contributed by atoms with Gasteiger partial charge in [-0.25, -0.2) is 0 Å². The molecule has 5 aromatic rings. The first-order valence-corrected chi connectivity index (χ1v) is 14.6. The second-order valence-electron chi connectivity index (χ2n) is 9.16. The van der Waals surface area contributed by atoms with E-state index in [0.717, 1.165) is 16.7 Å². The number of nitriles is 1. The summed E-state index contributed by atoms with van der Waals surface area (Å²) in [4.78, 5) is 11.1. The van der Waals surface area contributed by atoms with Crippen LogP contribution in [0.5, 0.6) is 0 Å². The average molecular weight is 526 g/mol. The molecule has 0 radical (unpaired) electrons. The molecule has 39 heavy (non-hydrogen) atoms. The summed E-state index contributed by atoms with van der Waals surface area (Å²) in [6.45, 7) is 0. The molecule has 0 N–H and O–H groups in total. The van der Waals surface area contributed by atoms with Crippen LogP contribution in [0.2, 0.25) is 0 Å². The Balaban J connectivity index is 1.80. The van der Waals surface area contributed by atoms with Gasteiger partial charge in [0, 0.05) is 6.07 Å². The Hall–Kier alpha value is -4.84. The first kappa shape index (κ1) is 25.8. The topological polar surface area (TPSA) is 66.9 Å². The molecule has 0 unspecified atom stereocenters. The van der Waals surface area contributed by atoms with Crippen molar-refractivity contribution in [3.05, 3.63) is 166 Å². The molecule has 0 atom stereocenters. The molecule has 5 rings (SSSR count). The van der Waals surface area contributed by atoms with Crippen molar-refractivity contribution in [2.24, 2.45) is 0 Å². The zero-order valence-electron chi connectivity index (χ0n) is 21.2. The van der Waals surface area contributed by atoms with Gasteiger partial charge in [0.1, 0.15) is 34.8 Å². The fourth-order valence-corrected chi connectivity index (χ4v) is 9.25. The number of hydrogen-bond acceptors (Lipinski definition) is 3. The molecule has 4 nitrogen and oxygen atoms in total. The Morgan fingerprint density at radius 3 is 1.62 bits per heavy atom. The molecule has 0 aliphatic heterocycles. The predicted molar refractivity (Wildman–Crippen MR) is 162 cm³/mol. The third kappa shape index (κ3) is 5.41. The van der Waals surface area contributed by atoms with Gasteiger partial charge in [-0.15, -0.1) is 0 Å². The molecule has 0 aliphatic rings. The fraction of sp³-hybridized carbons (Fsp3) is 0.0294. The number of hydrogen-bond donors (Lipinski definition) is 0. The highest BCUT2D eigenvalue weighted by Crippen LogP contribution is 2.58. The number of allylic oxidation sites excluding steroid dienone is 1. The number of benzene rings is 5. The van der Waals surface area contributed by atoms with E-state index in [4.69, 9.17) is 0 Å². The minimum absolute atomic E-state index is 0.0551. The van der Waals surface area contributed by atoms with E-state index in [1.54, 1.807) is 12.1 Å². The second-order valence-corrected chi connectivity index (χ2v) is 12.6. The molecule has 0 heterocycles. The normalized spacial score (nSPS) is 11.5. The summed E-state index contributed by atoms with van der Waals surface area (Å²) in [6.07, 6.45) is 2.81. The molecular weight excluding hydrogens is 499 g/mol. The van der Waals surface area contributed by atoms with Gasteiger partial charge in [0.15, 0.2) is 0 Å². The lowest BCUT2D eigenvalue weighted by molar-refractivity contribution is -0.385. The smallest absolute Gasteiger partial charge is 0.258 e. The summed E-state index contributed by atoms with van der Waals surface area (Å²) in [5.41, 5.74) is 2.71. The maximum atomic E-state index is 11.6. The maximum absolute atomic E-state index is 11.6. The molecule has 5 heteroatoms. The molecule has 0 aliphatic carbocycles. The molecule has 0 bridgehead atoms. The van der Waals surface area contributed by atoms with Gasteiger partial charge in [-0.3, -0.25) is 10.1 Å². The average Bonchev–Trinajstić information content (AvgIpc) is 3.00. The molecule has 188 valence electrons. The van der Waals surface area contributed by atoms with Crippen LogP contribution in [0.1, 0.15) is 16.7 Å². The molecule has 0 spiro atoms. The molecule has 0 amide bonds. The van der Waals surface area contributed by atoms with Gasteiger partial charge in [-0.2, -0.15) is 5.26 Å². The first-order valence-electron chi connectivity index (χ1n) is 12.6. The highest BCUT2D eigenvalue weighted by Gasteiger charge is 2.46. The Labute approximate surface area is 229 Å². The van der Waals surface area contributed by atoms with E-state index in [1.807, 2.05) is 54.6 Å². The maximum Gasteiger partial charge on any atom is 0.287 e. The molecular formula is C34H26N2O2P+. The molecule has 0 saturated heterocycles. The minimum atomic E-state index is -2.25. The van der Waals surface area contributed by atoms with Crippen molar-refractivity contribution in [2.75, 3.05) is 6.16 Å². The number of nitrogens with zero attached hydrogens (tertiary/aromatic N) is 2. The lowest BCUT2D eigenvalue weighted by Crippen LogP contribution is -2.33. The number of nitro groups is 1. The van der Waals surface area contributed by atoms with Gasteiger partial charge < -0.3 is 0 Å². The van der Waals surface area contributed by atoms with Crippen molar-refractivity contribution in [2.45, 2.75) is 0 Å². The monoisotopic (exact) mass is 525 g/mol. The van der Waals surface area contributed by atoms with E-state index < -0.39 is 12.2 Å². The van der Waals surface area contributed by atoms with Crippen LogP contribution >= 0.6 is 7.26 Å². The van der Waals surface area contributed by atoms with E-state index >= 15 is 0 Å². The summed E-state index contributed by atoms with van der Waals surface area (Å²) in [5.74, 6) is 0. The lowest BCUT2D eigenvalue weighted by atomic mass is 10.0. The van der Waals surface area contributed by atoms with E-state index in [1.165, 1.54) is 22.0 Å². The van der Waals surface area contributed by atoms with Crippen LogP contribution < -0.4 is 15.9 Å².